The molecule has 1 amide bonds. The van der Waals surface area contributed by atoms with Gasteiger partial charge in [0.2, 0.25) is 5.89 Å². The van der Waals surface area contributed by atoms with E-state index in [1.165, 1.54) is 0 Å². The first-order valence-corrected chi connectivity index (χ1v) is 14.6. The van der Waals surface area contributed by atoms with Crippen molar-refractivity contribution in [3.63, 3.8) is 0 Å². The lowest BCUT2D eigenvalue weighted by Gasteiger charge is -2.23. The van der Waals surface area contributed by atoms with E-state index in [-0.39, 0.29) is 23.7 Å². The molecular weight excluding hydrogens is 546 g/mol. The molecule has 6 rings (SSSR count). The van der Waals surface area contributed by atoms with Crippen molar-refractivity contribution in [3.05, 3.63) is 105 Å². The Bertz CT molecular complexity index is 1790. The molecular formula is C32H29N7O2S. The molecule has 0 bridgehead atoms. The minimum absolute atomic E-state index is 0.0893. The summed E-state index contributed by atoms with van der Waals surface area (Å²) in [6.07, 6.45) is 2.24. The number of amides is 1. The summed E-state index contributed by atoms with van der Waals surface area (Å²) in [6, 6.07) is 22.6. The molecule has 2 unspecified atom stereocenters. The van der Waals surface area contributed by atoms with Crippen molar-refractivity contribution in [1.29, 1.82) is 5.26 Å². The van der Waals surface area contributed by atoms with Gasteiger partial charge in [-0.3, -0.25) is 4.79 Å². The van der Waals surface area contributed by atoms with E-state index in [0.717, 1.165) is 29.1 Å². The number of carbonyl (C=O) groups excluding carboxylic acids is 1. The van der Waals surface area contributed by atoms with E-state index >= 15 is 0 Å². The van der Waals surface area contributed by atoms with Crippen LogP contribution < -0.4 is 5.73 Å². The lowest BCUT2D eigenvalue weighted by molar-refractivity contribution is 0.0735. The molecule has 5 aromatic rings. The standard InChI is InChI=1S/C32H29N7O2S/c1-20-19-42-29(35-20)27-13-8-14-39(27)30(40)23-15-25(24-12-7-6-11-22(24)18-33)36-26(16-23)28-37-38-31(41-28)32(2,34)17-21-9-4-3-5-10-21/h3-7,9-12,15-16,19,27H,8,13-14,17,34H2,1-2H3. The topological polar surface area (TPSA) is 135 Å². The van der Waals surface area contributed by atoms with Crippen LogP contribution in [-0.4, -0.2) is 37.5 Å². The fourth-order valence-electron chi connectivity index (χ4n) is 5.32. The van der Waals surface area contributed by atoms with Crippen molar-refractivity contribution >= 4 is 17.2 Å². The van der Waals surface area contributed by atoms with Gasteiger partial charge in [-0.15, -0.1) is 21.5 Å². The van der Waals surface area contributed by atoms with Crippen LogP contribution in [0.2, 0.25) is 0 Å². The van der Waals surface area contributed by atoms with Gasteiger partial charge in [0.05, 0.1) is 28.9 Å². The van der Waals surface area contributed by atoms with Gasteiger partial charge in [-0.2, -0.15) is 5.26 Å². The minimum atomic E-state index is -0.926. The lowest BCUT2D eigenvalue weighted by atomic mass is 9.94. The zero-order chi connectivity index (χ0) is 29.3. The highest BCUT2D eigenvalue weighted by molar-refractivity contribution is 7.09. The fraction of sp³-hybridized carbons (Fsp3) is 0.250. The van der Waals surface area contributed by atoms with Crippen LogP contribution in [0.25, 0.3) is 22.8 Å². The molecule has 1 aliphatic rings. The highest BCUT2D eigenvalue weighted by atomic mass is 32.1. The van der Waals surface area contributed by atoms with Crippen molar-refractivity contribution in [2.45, 2.75) is 44.7 Å². The van der Waals surface area contributed by atoms with E-state index < -0.39 is 5.54 Å². The molecule has 0 radical (unpaired) electrons. The maximum Gasteiger partial charge on any atom is 0.266 e. The molecule has 1 fully saturated rings. The van der Waals surface area contributed by atoms with Gasteiger partial charge in [0.25, 0.3) is 11.8 Å². The van der Waals surface area contributed by atoms with Crippen LogP contribution in [-0.2, 0) is 12.0 Å². The molecule has 1 saturated heterocycles. The highest BCUT2D eigenvalue weighted by Crippen LogP contribution is 2.36. The Hall–Kier alpha value is -4.72. The number of pyridine rings is 1. The Balaban J connectivity index is 1.40. The van der Waals surface area contributed by atoms with Crippen molar-refractivity contribution in [3.8, 4) is 28.9 Å². The number of aryl methyl sites for hydroxylation is 1. The van der Waals surface area contributed by atoms with Gasteiger partial charge in [0.15, 0.2) is 0 Å². The summed E-state index contributed by atoms with van der Waals surface area (Å²) in [5.41, 5.74) is 9.97. The van der Waals surface area contributed by atoms with E-state index in [4.69, 9.17) is 15.1 Å². The first-order chi connectivity index (χ1) is 20.3. The SMILES string of the molecule is Cc1csc(C2CCCN2C(=O)c2cc(-c3nnc(C(C)(N)Cc4ccccc4)o3)nc(-c3ccccc3C#N)c2)n1. The molecule has 2 atom stereocenters. The Morgan fingerprint density at radius 1 is 1.12 bits per heavy atom. The average molecular weight is 576 g/mol. The van der Waals surface area contributed by atoms with Gasteiger partial charge >= 0.3 is 0 Å². The first-order valence-electron chi connectivity index (χ1n) is 13.7. The molecule has 1 aliphatic heterocycles. The summed E-state index contributed by atoms with van der Waals surface area (Å²) in [4.78, 5) is 25.4. The molecule has 4 heterocycles. The summed E-state index contributed by atoms with van der Waals surface area (Å²) in [5, 5.41) is 21.3. The van der Waals surface area contributed by atoms with Crippen molar-refractivity contribution < 1.29 is 9.21 Å². The average Bonchev–Trinajstić information content (AvgIpc) is 3.78. The third kappa shape index (κ3) is 5.44. The van der Waals surface area contributed by atoms with Crippen LogP contribution in [0.15, 0.2) is 76.5 Å². The van der Waals surface area contributed by atoms with Gasteiger partial charge < -0.3 is 15.1 Å². The van der Waals surface area contributed by atoms with Gasteiger partial charge in [0, 0.05) is 28.7 Å². The molecule has 10 heteroatoms. The predicted octanol–water partition coefficient (Wildman–Crippen LogP) is 5.83. The summed E-state index contributed by atoms with van der Waals surface area (Å²) < 4.78 is 6.10. The molecule has 3 aromatic heterocycles. The number of thiazole rings is 1. The monoisotopic (exact) mass is 575 g/mol. The number of hydrogen-bond acceptors (Lipinski definition) is 9. The first kappa shape index (κ1) is 27.4. The zero-order valence-corrected chi connectivity index (χ0v) is 24.1. The second-order valence-corrected chi connectivity index (χ2v) is 11.6. The van der Waals surface area contributed by atoms with Crippen molar-refractivity contribution in [2.75, 3.05) is 6.54 Å². The smallest absolute Gasteiger partial charge is 0.266 e. The molecule has 2 aromatic carbocycles. The zero-order valence-electron chi connectivity index (χ0n) is 23.3. The largest absolute Gasteiger partial charge is 0.417 e. The Kier molecular flexibility index (Phi) is 7.37. The third-order valence-electron chi connectivity index (χ3n) is 7.38. The van der Waals surface area contributed by atoms with Crippen LogP contribution in [0, 0.1) is 18.3 Å². The normalized spacial score (nSPS) is 16.2. The van der Waals surface area contributed by atoms with E-state index in [0.29, 0.717) is 41.0 Å². The quantitative estimate of drug-likeness (QED) is 0.256. The summed E-state index contributed by atoms with van der Waals surface area (Å²) >= 11 is 1.58. The summed E-state index contributed by atoms with van der Waals surface area (Å²) in [6.45, 7) is 4.42. The number of hydrogen-bond donors (Lipinski definition) is 1. The number of nitrogens with zero attached hydrogens (tertiary/aromatic N) is 6. The number of carbonyl (C=O) groups is 1. The lowest BCUT2D eigenvalue weighted by Crippen LogP contribution is -2.35. The number of benzene rings is 2. The van der Waals surface area contributed by atoms with Gasteiger partial charge in [-0.05, 0) is 56.9 Å². The number of likely N-dealkylation sites (tertiary alicyclic amines) is 1. The van der Waals surface area contributed by atoms with Crippen molar-refractivity contribution in [2.24, 2.45) is 5.73 Å². The van der Waals surface area contributed by atoms with Gasteiger partial charge in [-0.1, -0.05) is 48.5 Å². The maximum atomic E-state index is 14.1. The molecule has 2 N–H and O–H groups in total. The van der Waals surface area contributed by atoms with E-state index in [2.05, 4.69) is 21.3 Å². The van der Waals surface area contributed by atoms with E-state index in [1.54, 1.807) is 35.6 Å². The Labute approximate surface area is 247 Å². The van der Waals surface area contributed by atoms with E-state index in [1.807, 2.05) is 66.6 Å². The fourth-order valence-corrected chi connectivity index (χ4v) is 6.26. The Morgan fingerprint density at radius 3 is 2.64 bits per heavy atom. The Morgan fingerprint density at radius 2 is 1.88 bits per heavy atom. The van der Waals surface area contributed by atoms with Crippen molar-refractivity contribution in [1.82, 2.24) is 25.1 Å². The summed E-state index contributed by atoms with van der Waals surface area (Å²) in [5.74, 6) is 0.267. The molecule has 9 nitrogen and oxygen atoms in total. The van der Waals surface area contributed by atoms with Crippen LogP contribution in [0.3, 0.4) is 0 Å². The number of nitrogens with two attached hydrogens (primary N) is 1. The minimum Gasteiger partial charge on any atom is -0.417 e. The maximum absolute atomic E-state index is 14.1. The second-order valence-electron chi connectivity index (χ2n) is 10.8. The molecule has 0 aliphatic carbocycles. The predicted molar refractivity (Wildman–Crippen MR) is 159 cm³/mol. The second kappa shape index (κ2) is 11.3. The highest BCUT2D eigenvalue weighted by Gasteiger charge is 2.34. The number of rotatable bonds is 7. The number of nitriles is 1. The molecule has 42 heavy (non-hydrogen) atoms. The van der Waals surface area contributed by atoms with E-state index in [9.17, 15) is 10.1 Å². The summed E-state index contributed by atoms with van der Waals surface area (Å²) in [7, 11) is 0. The number of aromatic nitrogens is 4. The van der Waals surface area contributed by atoms with Crippen LogP contribution >= 0.6 is 11.3 Å². The third-order valence-corrected chi connectivity index (χ3v) is 8.44. The molecule has 210 valence electrons. The molecule has 0 saturated carbocycles. The van der Waals surface area contributed by atoms with Crippen LogP contribution in [0.4, 0.5) is 0 Å². The van der Waals surface area contributed by atoms with Gasteiger partial charge in [0.1, 0.15) is 10.7 Å². The van der Waals surface area contributed by atoms with Crippen LogP contribution in [0.1, 0.15) is 63.9 Å². The molecule has 0 spiro atoms. The van der Waals surface area contributed by atoms with Crippen LogP contribution in [0.5, 0.6) is 0 Å². The van der Waals surface area contributed by atoms with Gasteiger partial charge in [-0.25, -0.2) is 9.97 Å².